The third-order valence-electron chi connectivity index (χ3n) is 8.54. The molecular formula is C39H74O6. The van der Waals surface area contributed by atoms with Crippen molar-refractivity contribution in [2.45, 2.75) is 214 Å². The van der Waals surface area contributed by atoms with E-state index in [1.165, 1.54) is 103 Å². The largest absolute Gasteiger partial charge is 0.462 e. The molecule has 0 N–H and O–H groups in total. The molecule has 0 aliphatic heterocycles. The summed E-state index contributed by atoms with van der Waals surface area (Å²) >= 11 is 0. The van der Waals surface area contributed by atoms with Gasteiger partial charge in [0.2, 0.25) is 0 Å². The Balaban J connectivity index is 4.33. The molecule has 0 spiro atoms. The molecule has 0 saturated heterocycles. The van der Waals surface area contributed by atoms with Crippen LogP contribution in [0, 0.1) is 5.92 Å². The van der Waals surface area contributed by atoms with E-state index in [1.807, 2.05) is 0 Å². The molecule has 0 saturated carbocycles. The van der Waals surface area contributed by atoms with Crippen LogP contribution < -0.4 is 0 Å². The molecule has 6 heteroatoms. The lowest BCUT2D eigenvalue weighted by molar-refractivity contribution is -0.167. The van der Waals surface area contributed by atoms with Crippen LogP contribution in [-0.2, 0) is 28.6 Å². The van der Waals surface area contributed by atoms with Crippen molar-refractivity contribution in [3.05, 3.63) is 0 Å². The minimum Gasteiger partial charge on any atom is -0.462 e. The number of carbonyl (C=O) groups excluding carboxylic acids is 3. The molecule has 0 bridgehead atoms. The minimum atomic E-state index is -0.756. The van der Waals surface area contributed by atoms with Crippen LogP contribution >= 0.6 is 0 Å². The number of rotatable bonds is 34. The van der Waals surface area contributed by atoms with Gasteiger partial charge >= 0.3 is 17.9 Å². The average molecular weight is 639 g/mol. The molecule has 0 rings (SSSR count). The Bertz CT molecular complexity index is 676. The average Bonchev–Trinajstić information content (AvgIpc) is 3.01. The van der Waals surface area contributed by atoms with E-state index in [9.17, 15) is 14.4 Å². The van der Waals surface area contributed by atoms with E-state index >= 15 is 0 Å². The van der Waals surface area contributed by atoms with Crippen molar-refractivity contribution < 1.29 is 28.6 Å². The topological polar surface area (TPSA) is 78.9 Å². The van der Waals surface area contributed by atoms with Gasteiger partial charge in [0.25, 0.3) is 0 Å². The molecular weight excluding hydrogens is 564 g/mol. The molecule has 0 aliphatic rings. The Morgan fingerprint density at radius 1 is 0.422 bits per heavy atom. The van der Waals surface area contributed by atoms with Crippen LogP contribution in [-0.4, -0.2) is 37.2 Å². The summed E-state index contributed by atoms with van der Waals surface area (Å²) in [7, 11) is 0. The van der Waals surface area contributed by atoms with Crippen LogP contribution in [0.3, 0.4) is 0 Å². The third kappa shape index (κ3) is 33.6. The summed E-state index contributed by atoms with van der Waals surface area (Å²) < 4.78 is 16.5. The summed E-state index contributed by atoms with van der Waals surface area (Å²) in [4.78, 5) is 37.3. The number of esters is 3. The number of carbonyl (C=O) groups is 3. The Morgan fingerprint density at radius 3 is 1.09 bits per heavy atom. The second kappa shape index (κ2) is 33.8. The molecule has 0 unspecified atom stereocenters. The number of ether oxygens (including phenoxy) is 3. The van der Waals surface area contributed by atoms with Gasteiger partial charge in [-0.1, -0.05) is 169 Å². The highest BCUT2D eigenvalue weighted by atomic mass is 16.6. The van der Waals surface area contributed by atoms with Crippen molar-refractivity contribution in [2.24, 2.45) is 5.92 Å². The first-order valence-corrected chi connectivity index (χ1v) is 19.4. The Labute approximate surface area is 278 Å². The molecule has 0 aromatic carbocycles. The quantitative estimate of drug-likeness (QED) is 0.0396. The van der Waals surface area contributed by atoms with E-state index in [0.717, 1.165) is 63.7 Å². The maximum Gasteiger partial charge on any atom is 0.306 e. The van der Waals surface area contributed by atoms with Gasteiger partial charge in [-0.3, -0.25) is 14.4 Å². The van der Waals surface area contributed by atoms with Crippen LogP contribution in [0.1, 0.15) is 207 Å². The summed E-state index contributed by atoms with van der Waals surface area (Å²) in [6, 6.07) is 0. The lowest BCUT2D eigenvalue weighted by Gasteiger charge is -2.18. The number of hydrogen-bond donors (Lipinski definition) is 0. The zero-order valence-electron chi connectivity index (χ0n) is 30.3. The van der Waals surface area contributed by atoms with Gasteiger partial charge in [0.1, 0.15) is 13.2 Å². The van der Waals surface area contributed by atoms with E-state index in [2.05, 4.69) is 27.7 Å². The van der Waals surface area contributed by atoms with Crippen LogP contribution in [0.25, 0.3) is 0 Å². The molecule has 0 fully saturated rings. The van der Waals surface area contributed by atoms with E-state index in [4.69, 9.17) is 14.2 Å². The van der Waals surface area contributed by atoms with Gasteiger partial charge < -0.3 is 14.2 Å². The Hall–Kier alpha value is -1.59. The fraction of sp³-hybridized carbons (Fsp3) is 0.923. The Morgan fingerprint density at radius 2 is 0.733 bits per heavy atom. The van der Waals surface area contributed by atoms with Crippen LogP contribution in [0.15, 0.2) is 0 Å². The van der Waals surface area contributed by atoms with Gasteiger partial charge in [-0.05, 0) is 25.2 Å². The smallest absolute Gasteiger partial charge is 0.306 e. The van der Waals surface area contributed by atoms with Gasteiger partial charge in [-0.25, -0.2) is 0 Å². The first-order chi connectivity index (χ1) is 21.9. The summed E-state index contributed by atoms with van der Waals surface area (Å²) in [6.07, 6.45) is 29.6. The molecule has 0 aromatic heterocycles. The zero-order valence-corrected chi connectivity index (χ0v) is 30.3. The van der Waals surface area contributed by atoms with E-state index < -0.39 is 6.10 Å². The van der Waals surface area contributed by atoms with E-state index in [1.54, 1.807) is 0 Å². The second-order valence-electron chi connectivity index (χ2n) is 13.7. The molecule has 0 amide bonds. The van der Waals surface area contributed by atoms with Gasteiger partial charge in [-0.15, -0.1) is 0 Å². The molecule has 0 radical (unpaired) electrons. The first kappa shape index (κ1) is 43.4. The molecule has 45 heavy (non-hydrogen) atoms. The van der Waals surface area contributed by atoms with Crippen molar-refractivity contribution in [1.82, 2.24) is 0 Å². The van der Waals surface area contributed by atoms with Gasteiger partial charge in [0.15, 0.2) is 6.10 Å². The molecule has 266 valence electrons. The Kier molecular flexibility index (Phi) is 32.6. The first-order valence-electron chi connectivity index (χ1n) is 19.4. The summed E-state index contributed by atoms with van der Waals surface area (Å²) in [6.45, 7) is 8.87. The third-order valence-corrected chi connectivity index (χ3v) is 8.54. The van der Waals surface area contributed by atoms with Crippen LogP contribution in [0.2, 0.25) is 0 Å². The van der Waals surface area contributed by atoms with Crippen molar-refractivity contribution in [3.63, 3.8) is 0 Å². The molecule has 0 heterocycles. The fourth-order valence-electron chi connectivity index (χ4n) is 5.57. The second-order valence-corrected chi connectivity index (χ2v) is 13.7. The number of unbranched alkanes of at least 4 members (excludes halogenated alkanes) is 21. The highest BCUT2D eigenvalue weighted by Gasteiger charge is 2.19. The zero-order chi connectivity index (χ0) is 33.2. The minimum absolute atomic E-state index is 0.0661. The molecule has 0 aliphatic carbocycles. The highest BCUT2D eigenvalue weighted by Crippen LogP contribution is 2.15. The predicted octanol–water partition coefficient (Wildman–Crippen LogP) is 11.6. The summed E-state index contributed by atoms with van der Waals surface area (Å²) in [5, 5.41) is 0. The monoisotopic (exact) mass is 639 g/mol. The van der Waals surface area contributed by atoms with E-state index in [-0.39, 0.29) is 31.1 Å². The lowest BCUT2D eigenvalue weighted by atomic mass is 10.0. The molecule has 6 nitrogen and oxygen atoms in total. The normalized spacial score (nSPS) is 11.9. The highest BCUT2D eigenvalue weighted by molar-refractivity contribution is 5.71. The van der Waals surface area contributed by atoms with Crippen molar-refractivity contribution >= 4 is 17.9 Å². The van der Waals surface area contributed by atoms with Crippen molar-refractivity contribution in [1.29, 1.82) is 0 Å². The van der Waals surface area contributed by atoms with Crippen LogP contribution in [0.4, 0.5) is 0 Å². The van der Waals surface area contributed by atoms with Gasteiger partial charge in [-0.2, -0.15) is 0 Å². The van der Waals surface area contributed by atoms with Crippen molar-refractivity contribution in [2.75, 3.05) is 13.2 Å². The predicted molar refractivity (Wildman–Crippen MR) is 187 cm³/mol. The van der Waals surface area contributed by atoms with Crippen LogP contribution in [0.5, 0.6) is 0 Å². The van der Waals surface area contributed by atoms with E-state index in [0.29, 0.717) is 19.3 Å². The summed E-state index contributed by atoms with van der Waals surface area (Å²) in [5.74, 6) is -0.0782. The standard InChI is InChI=1S/C39H74O6/c1-5-7-9-11-13-14-20-24-28-32-39(42)45-36(33-43-37(40)30-26-22-17-12-10-8-6-2)34-44-38(41)31-27-23-19-16-15-18-21-25-29-35(3)4/h35-36H,5-34H2,1-4H3/t36-/m1/s1. The maximum absolute atomic E-state index is 12.6. The number of hydrogen-bond acceptors (Lipinski definition) is 6. The fourth-order valence-corrected chi connectivity index (χ4v) is 5.57. The molecule has 0 aromatic rings. The SMILES string of the molecule is CCCCCCCCCCCC(=O)O[C@H](COC(=O)CCCCCCCCC)COC(=O)CCCCCCCCCCC(C)C. The lowest BCUT2D eigenvalue weighted by Crippen LogP contribution is -2.30. The van der Waals surface area contributed by atoms with Gasteiger partial charge in [0.05, 0.1) is 0 Å². The maximum atomic E-state index is 12.6. The van der Waals surface area contributed by atoms with Gasteiger partial charge in [0, 0.05) is 19.3 Å². The molecule has 1 atom stereocenters. The van der Waals surface area contributed by atoms with Crippen molar-refractivity contribution in [3.8, 4) is 0 Å². The summed E-state index contributed by atoms with van der Waals surface area (Å²) in [5.41, 5.74) is 0.